The highest BCUT2D eigenvalue weighted by Gasteiger charge is 2.06. The fourth-order valence-electron chi connectivity index (χ4n) is 0.616. The molecule has 0 aliphatic rings. The first-order valence-corrected chi connectivity index (χ1v) is 2.85. The molecule has 0 atom stereocenters. The van der Waals surface area contributed by atoms with Gasteiger partial charge in [0.1, 0.15) is 11.9 Å². The summed E-state index contributed by atoms with van der Waals surface area (Å²) >= 11 is 0. The summed E-state index contributed by atoms with van der Waals surface area (Å²) in [5.41, 5.74) is 0.576. The maximum absolute atomic E-state index is 10.9. The van der Waals surface area contributed by atoms with Crippen LogP contribution in [0.2, 0.25) is 0 Å². The lowest BCUT2D eigenvalue weighted by Crippen LogP contribution is -2.32. The van der Waals surface area contributed by atoms with Crippen LogP contribution in [0.5, 0.6) is 6.01 Å². The Balaban J connectivity index is 3.14. The van der Waals surface area contributed by atoms with Gasteiger partial charge in [-0.2, -0.15) is 4.73 Å². The smallest absolute Gasteiger partial charge is 0.501 e. The molecular weight excluding hydrogens is 132 g/mol. The maximum Gasteiger partial charge on any atom is 0.501 e. The molecule has 0 aliphatic carbocycles. The molecule has 4 nitrogen and oxygen atoms in total. The molecule has 0 saturated heterocycles. The topological polar surface area (TPSA) is 49.1 Å². The first-order valence-electron chi connectivity index (χ1n) is 2.85. The number of aryl methyl sites for hydroxylation is 1. The van der Waals surface area contributed by atoms with Gasteiger partial charge in [0.2, 0.25) is 0 Å². The zero-order valence-electron chi connectivity index (χ0n) is 5.87. The number of hydrogen-bond donors (Lipinski definition) is 0. The van der Waals surface area contributed by atoms with Crippen LogP contribution in [0.25, 0.3) is 0 Å². The summed E-state index contributed by atoms with van der Waals surface area (Å²) in [7, 11) is 1.41. The van der Waals surface area contributed by atoms with E-state index in [0.29, 0.717) is 10.4 Å². The minimum atomic E-state index is 0.0833. The average Bonchev–Trinajstić information content (AvgIpc) is 1.95. The molecule has 0 radical (unpaired) electrons. The van der Waals surface area contributed by atoms with E-state index in [2.05, 4.69) is 9.72 Å². The van der Waals surface area contributed by atoms with Gasteiger partial charge in [0.25, 0.3) is 0 Å². The van der Waals surface area contributed by atoms with Crippen molar-refractivity contribution in [1.29, 1.82) is 0 Å². The quantitative estimate of drug-likeness (QED) is 0.408. The first kappa shape index (κ1) is 6.80. The van der Waals surface area contributed by atoms with Gasteiger partial charge in [-0.1, -0.05) is 0 Å². The Labute approximate surface area is 58.7 Å². The predicted octanol–water partition coefficient (Wildman–Crippen LogP) is 0.0320. The number of ether oxygens (including phenoxy) is 1. The van der Waals surface area contributed by atoms with Crippen molar-refractivity contribution in [1.82, 2.24) is 4.98 Å². The highest BCUT2D eigenvalue weighted by molar-refractivity contribution is 4.93. The van der Waals surface area contributed by atoms with Gasteiger partial charge in [-0.05, 0) is 11.9 Å². The number of nitrogens with zero attached hydrogens (tertiary/aromatic N) is 2. The van der Waals surface area contributed by atoms with Crippen LogP contribution in [0, 0.1) is 12.1 Å². The van der Waals surface area contributed by atoms with Crippen molar-refractivity contribution >= 4 is 0 Å². The molecule has 4 heteroatoms. The van der Waals surface area contributed by atoms with Gasteiger partial charge < -0.3 is 9.94 Å². The SMILES string of the molecule is COc1nccc(C)[n+]1[O-]. The van der Waals surface area contributed by atoms with Crippen LogP contribution in [-0.2, 0) is 0 Å². The van der Waals surface area contributed by atoms with E-state index in [0.717, 1.165) is 0 Å². The Bertz CT molecular complexity index is 237. The van der Waals surface area contributed by atoms with Gasteiger partial charge in [-0.3, -0.25) is 0 Å². The highest BCUT2D eigenvalue weighted by Crippen LogP contribution is 1.95. The molecule has 0 unspecified atom stereocenters. The molecule has 0 saturated carbocycles. The Morgan fingerprint density at radius 2 is 2.40 bits per heavy atom. The molecule has 1 aromatic heterocycles. The lowest BCUT2D eigenvalue weighted by molar-refractivity contribution is -0.622. The second-order valence-electron chi connectivity index (χ2n) is 1.87. The van der Waals surface area contributed by atoms with Gasteiger partial charge in [-0.25, -0.2) is 0 Å². The predicted molar refractivity (Wildman–Crippen MR) is 34.5 cm³/mol. The summed E-state index contributed by atoms with van der Waals surface area (Å²) in [6.45, 7) is 1.69. The molecule has 0 bridgehead atoms. The third-order valence-corrected chi connectivity index (χ3v) is 1.18. The van der Waals surface area contributed by atoms with Gasteiger partial charge in [0.15, 0.2) is 0 Å². The van der Waals surface area contributed by atoms with Crippen LogP contribution in [0.3, 0.4) is 0 Å². The Morgan fingerprint density at radius 1 is 1.70 bits per heavy atom. The van der Waals surface area contributed by atoms with Crippen LogP contribution >= 0.6 is 0 Å². The van der Waals surface area contributed by atoms with E-state index in [1.165, 1.54) is 13.3 Å². The van der Waals surface area contributed by atoms with Crippen molar-refractivity contribution in [2.45, 2.75) is 6.92 Å². The number of hydrogen-bond acceptors (Lipinski definition) is 3. The van der Waals surface area contributed by atoms with E-state index in [-0.39, 0.29) is 6.01 Å². The molecule has 1 heterocycles. The highest BCUT2D eigenvalue weighted by atomic mass is 16.5. The molecule has 0 spiro atoms. The van der Waals surface area contributed by atoms with Crippen molar-refractivity contribution < 1.29 is 9.47 Å². The summed E-state index contributed by atoms with van der Waals surface area (Å²) in [6, 6.07) is 1.70. The monoisotopic (exact) mass is 140 g/mol. The zero-order chi connectivity index (χ0) is 7.56. The molecule has 0 aromatic carbocycles. The summed E-state index contributed by atoms with van der Waals surface area (Å²) in [5, 5.41) is 10.9. The molecule has 0 fully saturated rings. The van der Waals surface area contributed by atoms with Crippen LogP contribution < -0.4 is 9.47 Å². The van der Waals surface area contributed by atoms with Gasteiger partial charge in [-0.15, -0.1) is 0 Å². The number of rotatable bonds is 1. The number of aromatic nitrogens is 2. The van der Waals surface area contributed by atoms with E-state index in [9.17, 15) is 5.21 Å². The van der Waals surface area contributed by atoms with Crippen molar-refractivity contribution in [2.24, 2.45) is 0 Å². The molecule has 54 valence electrons. The second-order valence-corrected chi connectivity index (χ2v) is 1.87. The van der Waals surface area contributed by atoms with Crippen LogP contribution in [-0.4, -0.2) is 12.1 Å². The fraction of sp³-hybridized carbons (Fsp3) is 0.333. The minimum Gasteiger partial charge on any atom is -0.708 e. The van der Waals surface area contributed by atoms with E-state index in [1.807, 2.05) is 0 Å². The maximum atomic E-state index is 10.9. The summed E-state index contributed by atoms with van der Waals surface area (Å²) in [6.07, 6.45) is 1.53. The zero-order valence-corrected chi connectivity index (χ0v) is 5.87. The number of methoxy groups -OCH3 is 1. The molecule has 1 aromatic rings. The van der Waals surface area contributed by atoms with Crippen LogP contribution in [0.1, 0.15) is 5.69 Å². The van der Waals surface area contributed by atoms with E-state index < -0.39 is 0 Å². The average molecular weight is 140 g/mol. The summed E-state index contributed by atoms with van der Waals surface area (Å²) in [4.78, 5) is 3.69. The Hall–Kier alpha value is -1.32. The minimum absolute atomic E-state index is 0.0833. The van der Waals surface area contributed by atoms with Crippen LogP contribution in [0.4, 0.5) is 0 Å². The van der Waals surface area contributed by atoms with Crippen LogP contribution in [0.15, 0.2) is 12.3 Å². The summed E-state index contributed by atoms with van der Waals surface area (Å²) in [5.74, 6) is 0. The van der Waals surface area contributed by atoms with E-state index >= 15 is 0 Å². The Kier molecular flexibility index (Phi) is 1.71. The van der Waals surface area contributed by atoms with E-state index in [4.69, 9.17) is 0 Å². The molecule has 0 N–H and O–H groups in total. The Morgan fingerprint density at radius 3 is 2.90 bits per heavy atom. The standard InChI is InChI=1S/C6H8N2O2/c1-5-3-4-7-6(10-2)8(5)9/h3-4H,1-2H3. The normalized spacial score (nSPS) is 9.40. The summed E-state index contributed by atoms with van der Waals surface area (Å²) < 4.78 is 5.30. The third kappa shape index (κ3) is 1.00. The van der Waals surface area contributed by atoms with Gasteiger partial charge >= 0.3 is 6.01 Å². The molecule has 1 rings (SSSR count). The molecular formula is C6H8N2O2. The largest absolute Gasteiger partial charge is 0.708 e. The van der Waals surface area contributed by atoms with Crippen molar-refractivity contribution in [3.05, 3.63) is 23.2 Å². The molecule has 10 heavy (non-hydrogen) atoms. The fourth-order valence-corrected chi connectivity index (χ4v) is 0.616. The van der Waals surface area contributed by atoms with Crippen molar-refractivity contribution in [2.75, 3.05) is 7.11 Å². The lowest BCUT2D eigenvalue weighted by atomic mass is 10.5. The second kappa shape index (κ2) is 2.51. The molecule has 0 amide bonds. The molecule has 0 aliphatic heterocycles. The first-order chi connectivity index (χ1) is 4.75. The van der Waals surface area contributed by atoms with Gasteiger partial charge in [0, 0.05) is 6.07 Å². The van der Waals surface area contributed by atoms with Crippen molar-refractivity contribution in [3.8, 4) is 6.01 Å². The third-order valence-electron chi connectivity index (χ3n) is 1.18. The van der Waals surface area contributed by atoms with Gasteiger partial charge in [0.05, 0.1) is 7.11 Å². The van der Waals surface area contributed by atoms with Crippen molar-refractivity contribution in [3.63, 3.8) is 0 Å². The van der Waals surface area contributed by atoms with E-state index in [1.54, 1.807) is 13.0 Å². The lowest BCUT2D eigenvalue weighted by Gasteiger charge is -2.05.